The lowest BCUT2D eigenvalue weighted by atomic mass is 10.2. The monoisotopic (exact) mass is 248 g/mol. The van der Waals surface area contributed by atoms with E-state index in [2.05, 4.69) is 5.10 Å². The zero-order valence-electron chi connectivity index (χ0n) is 9.21. The number of benzene rings is 1. The second kappa shape index (κ2) is 4.79. The molecule has 1 aromatic heterocycles. The quantitative estimate of drug-likeness (QED) is 0.883. The van der Waals surface area contributed by atoms with Crippen LogP contribution in [-0.2, 0) is 6.54 Å². The normalized spacial score (nSPS) is 10.3. The second-order valence-corrected chi connectivity index (χ2v) is 3.64. The molecule has 0 radical (unpaired) electrons. The van der Waals surface area contributed by atoms with E-state index in [9.17, 15) is 14.0 Å². The number of carboxylic acids is 1. The number of hydrogen-bond acceptors (Lipinski definition) is 3. The fraction of sp³-hybridized carbons (Fsp3) is 0.0833. The number of hydrogen-bond donors (Lipinski definition) is 1. The van der Waals surface area contributed by atoms with Gasteiger partial charge in [-0.05, 0) is 23.8 Å². The maximum absolute atomic E-state index is 13.0. The third-order valence-electron chi connectivity index (χ3n) is 2.36. The summed E-state index contributed by atoms with van der Waals surface area (Å²) in [7, 11) is 0. The average molecular weight is 248 g/mol. The maximum Gasteiger partial charge on any atom is 0.341 e. The number of nitrogens with zero attached hydrogens (tertiary/aromatic N) is 2. The molecule has 0 unspecified atom stereocenters. The molecule has 0 bridgehead atoms. The van der Waals surface area contributed by atoms with Crippen LogP contribution in [0.1, 0.15) is 15.9 Å². The first kappa shape index (κ1) is 12.0. The predicted octanol–water partition coefficient (Wildman–Crippen LogP) is 1.13. The number of rotatable bonds is 3. The van der Waals surface area contributed by atoms with Gasteiger partial charge in [-0.3, -0.25) is 4.79 Å². The SMILES string of the molecule is O=C(O)c1ccnn(Cc2cccc(F)c2)c1=O. The van der Waals surface area contributed by atoms with E-state index in [0.29, 0.717) is 5.56 Å². The van der Waals surface area contributed by atoms with Crippen molar-refractivity contribution in [2.75, 3.05) is 0 Å². The minimum atomic E-state index is -1.31. The van der Waals surface area contributed by atoms with Crippen molar-refractivity contribution in [2.24, 2.45) is 0 Å². The largest absolute Gasteiger partial charge is 0.477 e. The summed E-state index contributed by atoms with van der Waals surface area (Å²) in [6.07, 6.45) is 1.23. The van der Waals surface area contributed by atoms with Gasteiger partial charge in [-0.2, -0.15) is 5.10 Å². The molecular formula is C12H9FN2O3. The Balaban J connectivity index is 2.38. The summed E-state index contributed by atoms with van der Waals surface area (Å²) in [5.41, 5.74) is -0.539. The van der Waals surface area contributed by atoms with Gasteiger partial charge in [-0.25, -0.2) is 13.9 Å². The number of aromatic nitrogens is 2. The Labute approximate surface area is 101 Å². The molecule has 2 rings (SSSR count). The minimum Gasteiger partial charge on any atom is -0.477 e. The first-order valence-corrected chi connectivity index (χ1v) is 5.12. The summed E-state index contributed by atoms with van der Waals surface area (Å²) in [5, 5.41) is 12.6. The highest BCUT2D eigenvalue weighted by atomic mass is 19.1. The van der Waals surface area contributed by atoms with Gasteiger partial charge in [0.15, 0.2) is 0 Å². The molecule has 2 aromatic rings. The Morgan fingerprint density at radius 3 is 2.83 bits per heavy atom. The first-order chi connectivity index (χ1) is 8.58. The molecule has 18 heavy (non-hydrogen) atoms. The molecule has 0 aliphatic heterocycles. The molecule has 0 aliphatic rings. The third-order valence-corrected chi connectivity index (χ3v) is 2.36. The first-order valence-electron chi connectivity index (χ1n) is 5.12. The summed E-state index contributed by atoms with van der Waals surface area (Å²) < 4.78 is 14.0. The van der Waals surface area contributed by atoms with E-state index in [1.54, 1.807) is 6.07 Å². The molecule has 0 spiro atoms. The van der Waals surface area contributed by atoms with Crippen LogP contribution in [0.15, 0.2) is 41.3 Å². The lowest BCUT2D eigenvalue weighted by Gasteiger charge is -2.05. The molecule has 0 atom stereocenters. The average Bonchev–Trinajstić information content (AvgIpc) is 2.31. The molecule has 0 saturated carbocycles. The van der Waals surface area contributed by atoms with Crippen molar-refractivity contribution in [3.05, 3.63) is 63.8 Å². The summed E-state index contributed by atoms with van der Waals surface area (Å²) >= 11 is 0. The molecule has 0 saturated heterocycles. The van der Waals surface area contributed by atoms with Crippen molar-refractivity contribution >= 4 is 5.97 Å². The van der Waals surface area contributed by atoms with Gasteiger partial charge in [0.2, 0.25) is 0 Å². The fourth-order valence-corrected chi connectivity index (χ4v) is 1.53. The number of carbonyl (C=O) groups is 1. The maximum atomic E-state index is 13.0. The van der Waals surface area contributed by atoms with Crippen LogP contribution in [0.5, 0.6) is 0 Å². The van der Waals surface area contributed by atoms with Gasteiger partial charge < -0.3 is 5.11 Å². The van der Waals surface area contributed by atoms with Crippen molar-refractivity contribution in [3.63, 3.8) is 0 Å². The molecule has 92 valence electrons. The van der Waals surface area contributed by atoms with E-state index >= 15 is 0 Å². The van der Waals surface area contributed by atoms with Crippen LogP contribution < -0.4 is 5.56 Å². The Hall–Kier alpha value is -2.50. The smallest absolute Gasteiger partial charge is 0.341 e. The van der Waals surface area contributed by atoms with Crippen molar-refractivity contribution in [1.29, 1.82) is 0 Å². The molecule has 1 N–H and O–H groups in total. The van der Waals surface area contributed by atoms with Crippen LogP contribution in [0.3, 0.4) is 0 Å². The molecule has 0 aliphatic carbocycles. The Morgan fingerprint density at radius 2 is 2.17 bits per heavy atom. The van der Waals surface area contributed by atoms with E-state index in [1.165, 1.54) is 24.4 Å². The molecule has 5 nitrogen and oxygen atoms in total. The second-order valence-electron chi connectivity index (χ2n) is 3.64. The van der Waals surface area contributed by atoms with Gasteiger partial charge in [0.1, 0.15) is 11.4 Å². The molecule has 1 heterocycles. The summed E-state index contributed by atoms with van der Waals surface area (Å²) in [6.45, 7) is 0.0255. The number of aromatic carboxylic acids is 1. The Bertz CT molecular complexity index is 652. The molecule has 0 amide bonds. The van der Waals surface area contributed by atoms with Crippen LogP contribution >= 0.6 is 0 Å². The van der Waals surface area contributed by atoms with Crippen molar-refractivity contribution < 1.29 is 14.3 Å². The summed E-state index contributed by atoms with van der Waals surface area (Å²) in [6, 6.07) is 6.82. The lowest BCUT2D eigenvalue weighted by Crippen LogP contribution is -2.28. The predicted molar refractivity (Wildman–Crippen MR) is 61.0 cm³/mol. The van der Waals surface area contributed by atoms with Gasteiger partial charge in [0, 0.05) is 6.20 Å². The fourth-order valence-electron chi connectivity index (χ4n) is 1.53. The lowest BCUT2D eigenvalue weighted by molar-refractivity contribution is 0.0693. The Morgan fingerprint density at radius 1 is 1.39 bits per heavy atom. The van der Waals surface area contributed by atoms with E-state index in [-0.39, 0.29) is 12.1 Å². The molecule has 0 fully saturated rings. The van der Waals surface area contributed by atoms with Crippen LogP contribution in [0.4, 0.5) is 4.39 Å². The van der Waals surface area contributed by atoms with Gasteiger partial charge >= 0.3 is 5.97 Å². The highest BCUT2D eigenvalue weighted by Crippen LogP contribution is 2.04. The topological polar surface area (TPSA) is 72.2 Å². The number of carboxylic acid groups (broad SMARTS) is 1. The van der Waals surface area contributed by atoms with E-state index in [4.69, 9.17) is 5.11 Å². The third kappa shape index (κ3) is 2.42. The van der Waals surface area contributed by atoms with Crippen molar-refractivity contribution in [3.8, 4) is 0 Å². The number of halogens is 1. The Kier molecular flexibility index (Phi) is 3.18. The van der Waals surface area contributed by atoms with Crippen LogP contribution in [0.2, 0.25) is 0 Å². The minimum absolute atomic E-state index is 0.0255. The van der Waals surface area contributed by atoms with Crippen LogP contribution in [0, 0.1) is 5.82 Å². The molecule has 1 aromatic carbocycles. The molecule has 6 heteroatoms. The van der Waals surface area contributed by atoms with Crippen molar-refractivity contribution in [2.45, 2.75) is 6.54 Å². The van der Waals surface area contributed by atoms with Gasteiger partial charge in [-0.1, -0.05) is 12.1 Å². The van der Waals surface area contributed by atoms with E-state index < -0.39 is 17.3 Å². The van der Waals surface area contributed by atoms with Crippen molar-refractivity contribution in [1.82, 2.24) is 9.78 Å². The summed E-state index contributed by atoms with van der Waals surface area (Å²) in [5.74, 6) is -1.73. The van der Waals surface area contributed by atoms with E-state index in [0.717, 1.165) is 10.7 Å². The van der Waals surface area contributed by atoms with E-state index in [1.807, 2.05) is 0 Å². The zero-order chi connectivity index (χ0) is 13.1. The van der Waals surface area contributed by atoms with Gasteiger partial charge in [-0.15, -0.1) is 0 Å². The zero-order valence-corrected chi connectivity index (χ0v) is 9.21. The molecular weight excluding hydrogens is 239 g/mol. The van der Waals surface area contributed by atoms with Crippen LogP contribution in [-0.4, -0.2) is 20.9 Å². The standard InChI is InChI=1S/C12H9FN2O3/c13-9-3-1-2-8(6-9)7-15-11(16)10(12(17)18)4-5-14-15/h1-6H,7H2,(H,17,18). The van der Waals surface area contributed by atoms with Gasteiger partial charge in [0.25, 0.3) is 5.56 Å². The van der Waals surface area contributed by atoms with Crippen LogP contribution in [0.25, 0.3) is 0 Å². The summed E-state index contributed by atoms with van der Waals surface area (Å²) in [4.78, 5) is 22.5. The highest BCUT2D eigenvalue weighted by Gasteiger charge is 2.11. The van der Waals surface area contributed by atoms with Gasteiger partial charge in [0.05, 0.1) is 6.54 Å². The highest BCUT2D eigenvalue weighted by molar-refractivity contribution is 5.86.